The molecule has 31 heavy (non-hydrogen) atoms. The van der Waals surface area contributed by atoms with Crippen molar-refractivity contribution in [1.82, 2.24) is 4.90 Å². The maximum Gasteiger partial charge on any atom is 0.312 e. The lowest BCUT2D eigenvalue weighted by Gasteiger charge is -2.59. The van der Waals surface area contributed by atoms with Gasteiger partial charge in [0.25, 0.3) is 0 Å². The van der Waals surface area contributed by atoms with Crippen LogP contribution in [0.3, 0.4) is 0 Å². The van der Waals surface area contributed by atoms with Crippen LogP contribution in [0.5, 0.6) is 0 Å². The summed E-state index contributed by atoms with van der Waals surface area (Å²) < 4.78 is 12.2. The first-order valence-electron chi connectivity index (χ1n) is 11.2. The van der Waals surface area contributed by atoms with Crippen molar-refractivity contribution in [1.29, 1.82) is 0 Å². The van der Waals surface area contributed by atoms with E-state index in [-0.39, 0.29) is 53.8 Å². The van der Waals surface area contributed by atoms with E-state index in [4.69, 9.17) is 9.47 Å². The normalized spacial score (nSPS) is 37.5. The Morgan fingerprint density at radius 1 is 1.23 bits per heavy atom. The third kappa shape index (κ3) is 2.71. The molecule has 2 saturated heterocycles. The van der Waals surface area contributed by atoms with Crippen LogP contribution >= 0.6 is 0 Å². The van der Waals surface area contributed by atoms with Crippen LogP contribution in [-0.4, -0.2) is 61.1 Å². The molecule has 3 aliphatic heterocycles. The van der Waals surface area contributed by atoms with Crippen LogP contribution in [0.25, 0.3) is 0 Å². The quantitative estimate of drug-likeness (QED) is 0.692. The Morgan fingerprint density at radius 3 is 2.68 bits per heavy atom. The fourth-order valence-corrected chi connectivity index (χ4v) is 6.82. The molecule has 7 heteroatoms. The number of hydrogen-bond acceptors (Lipinski definition) is 5. The summed E-state index contributed by atoms with van der Waals surface area (Å²) in [5, 5.41) is 0. The molecule has 1 aliphatic carbocycles. The molecule has 1 saturated carbocycles. The summed E-state index contributed by atoms with van der Waals surface area (Å²) in [6.07, 6.45) is 0.893. The van der Waals surface area contributed by atoms with Crippen LogP contribution in [0.1, 0.15) is 39.2 Å². The monoisotopic (exact) mass is 426 g/mol. The molecule has 5 unspecified atom stereocenters. The number of rotatable bonds is 3. The number of amides is 2. The van der Waals surface area contributed by atoms with E-state index >= 15 is 0 Å². The minimum absolute atomic E-state index is 0.00753. The van der Waals surface area contributed by atoms with Gasteiger partial charge in [0.05, 0.1) is 30.1 Å². The second-order valence-electron chi connectivity index (χ2n) is 9.64. The summed E-state index contributed by atoms with van der Waals surface area (Å²) in [4.78, 5) is 41.6. The van der Waals surface area contributed by atoms with Crippen molar-refractivity contribution in [3.63, 3.8) is 0 Å². The van der Waals surface area contributed by atoms with Gasteiger partial charge in [0.2, 0.25) is 11.8 Å². The summed E-state index contributed by atoms with van der Waals surface area (Å²) >= 11 is 0. The zero-order valence-corrected chi connectivity index (χ0v) is 18.5. The van der Waals surface area contributed by atoms with E-state index < -0.39 is 5.41 Å². The molecule has 3 fully saturated rings. The molecule has 1 aromatic rings. The van der Waals surface area contributed by atoms with Gasteiger partial charge in [-0.05, 0) is 37.3 Å². The highest BCUT2D eigenvalue weighted by Crippen LogP contribution is 2.61. The average molecular weight is 427 g/mol. The molecule has 0 radical (unpaired) electrons. The van der Waals surface area contributed by atoms with E-state index in [0.717, 1.165) is 17.7 Å². The van der Waals surface area contributed by atoms with E-state index in [1.165, 1.54) is 0 Å². The molecule has 166 valence electrons. The molecule has 0 aromatic heterocycles. The minimum Gasteiger partial charge on any atom is -0.461 e. The zero-order valence-electron chi connectivity index (χ0n) is 18.5. The van der Waals surface area contributed by atoms with Crippen LogP contribution in [-0.2, 0) is 29.3 Å². The third-order valence-electron chi connectivity index (χ3n) is 8.27. The third-order valence-corrected chi connectivity index (χ3v) is 8.27. The molecule has 1 aromatic carbocycles. The van der Waals surface area contributed by atoms with Crippen LogP contribution in [0.4, 0.5) is 5.69 Å². The highest BCUT2D eigenvalue weighted by atomic mass is 16.6. The van der Waals surface area contributed by atoms with E-state index in [1.54, 1.807) is 25.8 Å². The Balaban J connectivity index is 1.68. The Labute approximate surface area is 182 Å². The van der Waals surface area contributed by atoms with Gasteiger partial charge in [-0.15, -0.1) is 0 Å². The predicted molar refractivity (Wildman–Crippen MR) is 113 cm³/mol. The van der Waals surface area contributed by atoms with Crippen molar-refractivity contribution < 1.29 is 23.9 Å². The second-order valence-corrected chi connectivity index (χ2v) is 9.64. The van der Waals surface area contributed by atoms with Crippen molar-refractivity contribution in [3.8, 4) is 0 Å². The Bertz CT molecular complexity index is 948. The van der Waals surface area contributed by atoms with E-state index in [0.29, 0.717) is 19.6 Å². The lowest BCUT2D eigenvalue weighted by atomic mass is 9.53. The second kappa shape index (κ2) is 7.05. The van der Waals surface area contributed by atoms with Gasteiger partial charge < -0.3 is 19.3 Å². The molecular weight excluding hydrogens is 396 g/mol. The van der Waals surface area contributed by atoms with E-state index in [1.807, 2.05) is 30.0 Å². The fraction of sp³-hybridized carbons (Fsp3) is 0.625. The minimum atomic E-state index is -0.558. The number of hydrogen-bond donors (Lipinski definition) is 0. The molecule has 7 nitrogen and oxygen atoms in total. The molecule has 2 bridgehead atoms. The van der Waals surface area contributed by atoms with Crippen molar-refractivity contribution in [2.75, 3.05) is 25.1 Å². The number of carbonyl (C=O) groups excluding carboxylic acids is 3. The van der Waals surface area contributed by atoms with Crippen LogP contribution < -0.4 is 4.90 Å². The molecule has 0 spiro atoms. The van der Waals surface area contributed by atoms with Gasteiger partial charge in [0, 0.05) is 39.0 Å². The highest BCUT2D eigenvalue weighted by molar-refractivity contribution is 5.96. The molecule has 7 atom stereocenters. The molecule has 3 heterocycles. The van der Waals surface area contributed by atoms with Crippen LogP contribution in [0, 0.1) is 17.8 Å². The highest BCUT2D eigenvalue weighted by Gasteiger charge is 2.68. The van der Waals surface area contributed by atoms with Gasteiger partial charge in [0.1, 0.15) is 6.10 Å². The first-order valence-corrected chi connectivity index (χ1v) is 11.2. The lowest BCUT2D eigenvalue weighted by Crippen LogP contribution is -2.70. The fourth-order valence-electron chi connectivity index (χ4n) is 6.82. The lowest BCUT2D eigenvalue weighted by molar-refractivity contribution is -0.215. The maximum atomic E-state index is 13.1. The number of anilines is 1. The van der Waals surface area contributed by atoms with Crippen molar-refractivity contribution in [2.45, 2.75) is 57.3 Å². The predicted octanol–water partition coefficient (Wildman–Crippen LogP) is 2.12. The average Bonchev–Trinajstić information content (AvgIpc) is 3.03. The summed E-state index contributed by atoms with van der Waals surface area (Å²) in [7, 11) is 1.79. The number of esters is 1. The van der Waals surface area contributed by atoms with Gasteiger partial charge in [-0.25, -0.2) is 0 Å². The summed E-state index contributed by atoms with van der Waals surface area (Å²) in [5.74, 6) is -0.313. The Hall–Kier alpha value is -2.41. The molecule has 4 aliphatic rings. The van der Waals surface area contributed by atoms with Crippen LogP contribution in [0.2, 0.25) is 0 Å². The first-order chi connectivity index (χ1) is 14.8. The molecule has 2 amide bonds. The number of benzene rings is 1. The van der Waals surface area contributed by atoms with Gasteiger partial charge in [-0.3, -0.25) is 14.4 Å². The Kier molecular flexibility index (Phi) is 4.66. The Morgan fingerprint density at radius 2 is 1.97 bits per heavy atom. The topological polar surface area (TPSA) is 76.2 Å². The number of carbonyl (C=O) groups is 3. The van der Waals surface area contributed by atoms with Gasteiger partial charge in [-0.2, -0.15) is 0 Å². The molecular formula is C24H30N2O5. The molecule has 0 N–H and O–H groups in total. The number of nitrogens with zero attached hydrogens (tertiary/aromatic N) is 2. The number of ether oxygens (including phenoxy) is 2. The van der Waals surface area contributed by atoms with Crippen molar-refractivity contribution in [3.05, 3.63) is 29.8 Å². The zero-order chi connectivity index (χ0) is 22.1. The summed E-state index contributed by atoms with van der Waals surface area (Å²) in [6.45, 7) is 6.15. The van der Waals surface area contributed by atoms with Gasteiger partial charge >= 0.3 is 5.97 Å². The SMILES string of the molecule is CC(=O)N(C)CCC12c3ccccc3N(C(C)=O)[C@H]1C1COC(C)C3C(=O)O[C@H]2CC31. The molecule has 5 rings (SSSR count). The number of fused-ring (bicyclic) bond motifs is 6. The van der Waals surface area contributed by atoms with Gasteiger partial charge in [-0.1, -0.05) is 18.2 Å². The van der Waals surface area contributed by atoms with Crippen LogP contribution in [0.15, 0.2) is 24.3 Å². The standard InChI is InChI=1S/C24H30N2O5/c1-13-21-16-11-20(31-23(21)29)24(9-10-25(4)14(2)27)18-7-5-6-8-19(18)26(15(3)28)22(24)17(16)12-30-13/h5-8,13,16-17,20-22H,9-12H2,1-4H3/t13?,16?,17?,20-,21?,22-,24?/m0/s1. The largest absolute Gasteiger partial charge is 0.461 e. The summed E-state index contributed by atoms with van der Waals surface area (Å²) in [5.41, 5.74) is 1.38. The number of para-hydroxylation sites is 1. The van der Waals surface area contributed by atoms with Crippen molar-refractivity contribution >= 4 is 23.5 Å². The summed E-state index contributed by atoms with van der Waals surface area (Å²) in [6, 6.07) is 7.82. The maximum absolute atomic E-state index is 13.1. The van der Waals surface area contributed by atoms with Crippen molar-refractivity contribution in [2.24, 2.45) is 17.8 Å². The first kappa shape index (κ1) is 20.5. The van der Waals surface area contributed by atoms with E-state index in [9.17, 15) is 14.4 Å². The van der Waals surface area contributed by atoms with Gasteiger partial charge in [0.15, 0.2) is 0 Å². The van der Waals surface area contributed by atoms with E-state index in [2.05, 4.69) is 6.07 Å². The smallest absolute Gasteiger partial charge is 0.312 e.